The van der Waals surface area contributed by atoms with Gasteiger partial charge in [0.1, 0.15) is 12.6 Å². The number of carbonyl (C=O) groups excluding carboxylic acids is 2. The molecule has 4 aromatic rings. The van der Waals surface area contributed by atoms with Crippen LogP contribution in [0.2, 0.25) is 10.0 Å². The number of sulfonamides is 1. The summed E-state index contributed by atoms with van der Waals surface area (Å²) in [7, 11) is -2.73. The molecular formula is C32H30BrCl2N3O4S. The first-order chi connectivity index (χ1) is 20.5. The van der Waals surface area contributed by atoms with Gasteiger partial charge in [-0.15, -0.1) is 0 Å². The van der Waals surface area contributed by atoms with Gasteiger partial charge in [0, 0.05) is 24.5 Å². The highest BCUT2D eigenvalue weighted by atomic mass is 79.9. The number of aryl methyl sites for hydroxylation is 1. The summed E-state index contributed by atoms with van der Waals surface area (Å²) >= 11 is 15.9. The third-order valence-corrected chi connectivity index (χ3v) is 9.92. The Labute approximate surface area is 270 Å². The summed E-state index contributed by atoms with van der Waals surface area (Å²) in [6.07, 6.45) is 0.222. The zero-order valence-electron chi connectivity index (χ0n) is 23.5. The molecule has 0 spiro atoms. The highest BCUT2D eigenvalue weighted by molar-refractivity contribution is 9.10. The van der Waals surface area contributed by atoms with Crippen molar-refractivity contribution in [2.75, 3.05) is 17.9 Å². The van der Waals surface area contributed by atoms with Gasteiger partial charge in [-0.25, -0.2) is 8.42 Å². The van der Waals surface area contributed by atoms with E-state index in [2.05, 4.69) is 21.2 Å². The number of nitrogens with zero attached hydrogens (tertiary/aromatic N) is 2. The second-order valence-corrected chi connectivity index (χ2v) is 13.5. The fourth-order valence-corrected chi connectivity index (χ4v) is 6.48. The molecule has 7 nitrogen and oxygen atoms in total. The van der Waals surface area contributed by atoms with E-state index in [4.69, 9.17) is 23.2 Å². The first-order valence-corrected chi connectivity index (χ1v) is 16.3. The van der Waals surface area contributed by atoms with Crippen molar-refractivity contribution in [2.24, 2.45) is 0 Å². The van der Waals surface area contributed by atoms with Gasteiger partial charge in [0.15, 0.2) is 0 Å². The molecule has 0 unspecified atom stereocenters. The average Bonchev–Trinajstić information content (AvgIpc) is 3.00. The number of rotatable bonds is 11. The van der Waals surface area contributed by atoms with Gasteiger partial charge in [-0.05, 0) is 60.5 Å². The molecule has 0 aliphatic carbocycles. The van der Waals surface area contributed by atoms with Gasteiger partial charge in [0.2, 0.25) is 11.8 Å². The van der Waals surface area contributed by atoms with Gasteiger partial charge in [-0.1, -0.05) is 99.3 Å². The Morgan fingerprint density at radius 1 is 0.860 bits per heavy atom. The number of hydrogen-bond acceptors (Lipinski definition) is 4. The molecule has 224 valence electrons. The van der Waals surface area contributed by atoms with Crippen molar-refractivity contribution in [2.45, 2.75) is 30.8 Å². The Kier molecular flexibility index (Phi) is 10.9. The Bertz CT molecular complexity index is 1690. The van der Waals surface area contributed by atoms with Gasteiger partial charge < -0.3 is 10.2 Å². The SMILES string of the molecule is CNC(=O)[C@@H](Cc1ccccc1)N(Cc1ccc(Br)cc1)C(=O)CN(c1ccc(Cl)c(Cl)c1)S(=O)(=O)c1ccc(C)cc1. The predicted molar refractivity (Wildman–Crippen MR) is 175 cm³/mol. The third-order valence-electron chi connectivity index (χ3n) is 6.86. The summed E-state index contributed by atoms with van der Waals surface area (Å²) in [6, 6.07) is 26.5. The van der Waals surface area contributed by atoms with E-state index in [0.717, 1.165) is 25.5 Å². The molecule has 2 amide bonds. The Balaban J connectivity index is 1.80. The first kappa shape index (κ1) is 32.5. The van der Waals surface area contributed by atoms with E-state index in [1.807, 2.05) is 61.5 Å². The number of carbonyl (C=O) groups is 2. The van der Waals surface area contributed by atoms with Crippen LogP contribution < -0.4 is 9.62 Å². The minimum Gasteiger partial charge on any atom is -0.357 e. The maximum atomic E-state index is 14.3. The lowest BCUT2D eigenvalue weighted by Gasteiger charge is -2.33. The maximum absolute atomic E-state index is 14.3. The molecular weight excluding hydrogens is 673 g/mol. The van der Waals surface area contributed by atoms with Crippen molar-refractivity contribution in [3.8, 4) is 0 Å². The number of halogens is 3. The van der Waals surface area contributed by atoms with E-state index in [-0.39, 0.29) is 39.5 Å². The summed E-state index contributed by atoms with van der Waals surface area (Å²) in [4.78, 5) is 29.0. The summed E-state index contributed by atoms with van der Waals surface area (Å²) in [5.74, 6) is -0.953. The number of anilines is 1. The van der Waals surface area contributed by atoms with E-state index in [9.17, 15) is 18.0 Å². The van der Waals surface area contributed by atoms with Crippen LogP contribution in [0.4, 0.5) is 5.69 Å². The standard InChI is InChI=1S/C32H30BrCl2N3O4S/c1-22-8-15-27(16-9-22)43(41,42)38(26-14-17-28(34)29(35)19-26)21-31(39)37(20-24-10-12-25(33)13-11-24)30(32(40)36-2)18-23-6-4-3-5-7-23/h3-17,19,30H,18,20-21H2,1-2H3,(H,36,40)/t30-/m1/s1. The van der Waals surface area contributed by atoms with E-state index in [1.54, 1.807) is 12.1 Å². The van der Waals surface area contributed by atoms with Crippen LogP contribution in [-0.2, 0) is 32.6 Å². The van der Waals surface area contributed by atoms with E-state index in [0.29, 0.717) is 0 Å². The van der Waals surface area contributed by atoms with Gasteiger partial charge in [-0.2, -0.15) is 0 Å². The lowest BCUT2D eigenvalue weighted by Crippen LogP contribution is -2.53. The van der Waals surface area contributed by atoms with Crippen molar-refractivity contribution in [1.29, 1.82) is 0 Å². The smallest absolute Gasteiger partial charge is 0.264 e. The van der Waals surface area contributed by atoms with Crippen molar-refractivity contribution in [3.05, 3.63) is 128 Å². The molecule has 0 heterocycles. The Hall–Kier alpha value is -3.37. The third kappa shape index (κ3) is 8.17. The summed E-state index contributed by atoms with van der Waals surface area (Å²) in [5.41, 5.74) is 2.65. The molecule has 0 saturated carbocycles. The average molecular weight is 703 g/mol. The van der Waals surface area contributed by atoms with Gasteiger partial charge in [-0.3, -0.25) is 13.9 Å². The van der Waals surface area contributed by atoms with Crippen molar-refractivity contribution in [3.63, 3.8) is 0 Å². The number of hydrogen-bond donors (Lipinski definition) is 1. The summed E-state index contributed by atoms with van der Waals surface area (Å²) in [6.45, 7) is 1.33. The molecule has 1 atom stereocenters. The molecule has 0 aliphatic heterocycles. The van der Waals surface area contributed by atoms with E-state index >= 15 is 0 Å². The Morgan fingerprint density at radius 2 is 1.51 bits per heavy atom. The fourth-order valence-electron chi connectivity index (χ4n) is 4.51. The number of likely N-dealkylation sites (N-methyl/N-ethyl adjacent to an activating group) is 1. The van der Waals surface area contributed by atoms with Gasteiger partial charge in [0.05, 0.1) is 20.6 Å². The number of benzene rings is 4. The topological polar surface area (TPSA) is 86.8 Å². The van der Waals surface area contributed by atoms with Gasteiger partial charge >= 0.3 is 0 Å². The van der Waals surface area contributed by atoms with Crippen LogP contribution in [0.5, 0.6) is 0 Å². The molecule has 4 aromatic carbocycles. The number of nitrogens with one attached hydrogen (secondary N) is 1. The maximum Gasteiger partial charge on any atom is 0.264 e. The van der Waals surface area contributed by atoms with Crippen LogP contribution in [0.15, 0.2) is 106 Å². The lowest BCUT2D eigenvalue weighted by molar-refractivity contribution is -0.139. The van der Waals surface area contributed by atoms with Crippen molar-refractivity contribution in [1.82, 2.24) is 10.2 Å². The molecule has 0 radical (unpaired) electrons. The lowest BCUT2D eigenvalue weighted by atomic mass is 10.0. The minimum atomic E-state index is -4.24. The largest absolute Gasteiger partial charge is 0.357 e. The predicted octanol–water partition coefficient (Wildman–Crippen LogP) is 6.65. The summed E-state index contributed by atoms with van der Waals surface area (Å²) < 4.78 is 29.9. The van der Waals surface area contributed by atoms with Gasteiger partial charge in [0.25, 0.3) is 10.0 Å². The van der Waals surface area contributed by atoms with Crippen molar-refractivity contribution < 1.29 is 18.0 Å². The molecule has 43 heavy (non-hydrogen) atoms. The summed E-state index contributed by atoms with van der Waals surface area (Å²) in [5, 5.41) is 3.05. The molecule has 0 saturated heterocycles. The van der Waals surface area contributed by atoms with Crippen LogP contribution in [-0.4, -0.2) is 44.8 Å². The quantitative estimate of drug-likeness (QED) is 0.190. The van der Waals surface area contributed by atoms with Crippen LogP contribution in [0.25, 0.3) is 0 Å². The Morgan fingerprint density at radius 3 is 2.12 bits per heavy atom. The zero-order valence-corrected chi connectivity index (χ0v) is 27.4. The second-order valence-electron chi connectivity index (χ2n) is 9.89. The molecule has 4 rings (SSSR count). The molecule has 0 aromatic heterocycles. The molecule has 11 heteroatoms. The van der Waals surface area contributed by atoms with E-state index in [1.165, 1.54) is 42.3 Å². The van der Waals surface area contributed by atoms with E-state index < -0.39 is 28.5 Å². The molecule has 1 N–H and O–H groups in total. The van der Waals surface area contributed by atoms with Crippen LogP contribution in [0.1, 0.15) is 16.7 Å². The number of amides is 2. The first-order valence-electron chi connectivity index (χ1n) is 13.3. The van der Waals surface area contributed by atoms with Crippen molar-refractivity contribution >= 4 is 66.7 Å². The monoisotopic (exact) mass is 701 g/mol. The second kappa shape index (κ2) is 14.4. The minimum absolute atomic E-state index is 0.00330. The zero-order chi connectivity index (χ0) is 31.1. The molecule has 0 aliphatic rings. The molecule has 0 bridgehead atoms. The van der Waals surface area contributed by atoms with Crippen LogP contribution >= 0.6 is 39.1 Å². The molecule has 0 fully saturated rings. The van der Waals surface area contributed by atoms with Crippen LogP contribution in [0.3, 0.4) is 0 Å². The van der Waals surface area contributed by atoms with Crippen LogP contribution in [0, 0.1) is 6.92 Å². The normalized spacial score (nSPS) is 11.9. The fraction of sp³-hybridized carbons (Fsp3) is 0.188. The highest BCUT2D eigenvalue weighted by Crippen LogP contribution is 2.31. The highest BCUT2D eigenvalue weighted by Gasteiger charge is 2.34.